The molecular weight excluding hydrogens is 492 g/mol. The molecule has 1 aliphatic rings. The quantitative estimate of drug-likeness (QED) is 0.143. The number of hydrogen-bond donors (Lipinski definition) is 3. The Morgan fingerprint density at radius 2 is 1.97 bits per heavy atom. The van der Waals surface area contributed by atoms with Gasteiger partial charge in [-0.25, -0.2) is 0 Å². The molecule has 38 heavy (non-hydrogen) atoms. The number of amides is 1. The first kappa shape index (κ1) is 31.0. The molecule has 1 atom stereocenters. The summed E-state index contributed by atoms with van der Waals surface area (Å²) in [6.07, 6.45) is 17.0. The number of aromatic nitrogens is 1. The number of amidine groups is 1. The summed E-state index contributed by atoms with van der Waals surface area (Å²) in [4.78, 5) is 23.9. The molecule has 1 aromatic heterocycles. The van der Waals surface area contributed by atoms with Gasteiger partial charge >= 0.3 is 0 Å². The van der Waals surface area contributed by atoms with Gasteiger partial charge in [0.1, 0.15) is 11.5 Å². The van der Waals surface area contributed by atoms with E-state index in [9.17, 15) is 4.79 Å². The van der Waals surface area contributed by atoms with Gasteiger partial charge in [0.15, 0.2) is 0 Å². The fourth-order valence-corrected chi connectivity index (χ4v) is 4.44. The second-order valence-electron chi connectivity index (χ2n) is 9.61. The number of nitrogens with zero attached hydrogens (tertiary/aromatic N) is 3. The molecule has 0 saturated heterocycles. The molecule has 1 unspecified atom stereocenters. The van der Waals surface area contributed by atoms with Crippen LogP contribution in [0.3, 0.4) is 0 Å². The zero-order valence-electron chi connectivity index (χ0n) is 23.5. The predicted octanol–water partition coefficient (Wildman–Crippen LogP) is 7.07. The zero-order chi connectivity index (χ0) is 28.1. The first-order chi connectivity index (χ1) is 18.2. The number of allylic oxidation sites excluding steroid dienone is 5. The van der Waals surface area contributed by atoms with E-state index in [1.807, 2.05) is 57.3 Å². The summed E-state index contributed by atoms with van der Waals surface area (Å²) in [5.41, 5.74) is 2.64. The number of pyridine rings is 1. The van der Waals surface area contributed by atoms with Crippen LogP contribution < -0.4 is 5.32 Å². The Kier molecular flexibility index (Phi) is 12.9. The van der Waals surface area contributed by atoms with Gasteiger partial charge in [0.25, 0.3) is 5.91 Å². The molecule has 1 aromatic rings. The molecule has 2 rings (SSSR count). The Hall–Kier alpha value is -3.26. The topological polar surface area (TPSA) is 105 Å². The second kappa shape index (κ2) is 15.9. The third-order valence-electron chi connectivity index (χ3n) is 5.73. The van der Waals surface area contributed by atoms with Crippen LogP contribution in [0.1, 0.15) is 76.9 Å². The normalized spacial score (nSPS) is 15.8. The molecule has 1 amide bonds. The molecule has 1 saturated carbocycles. The number of carbonyl (C=O) groups excluding carboxylic acids is 1. The van der Waals surface area contributed by atoms with Gasteiger partial charge in [-0.3, -0.25) is 25.6 Å². The van der Waals surface area contributed by atoms with Crippen LogP contribution in [-0.4, -0.2) is 44.8 Å². The maximum Gasteiger partial charge on any atom is 0.274 e. The lowest BCUT2D eigenvalue weighted by molar-refractivity contribution is 0.0962. The van der Waals surface area contributed by atoms with Gasteiger partial charge in [-0.05, 0) is 68.4 Å². The van der Waals surface area contributed by atoms with Crippen LogP contribution in [0.2, 0.25) is 0 Å². The molecule has 0 aromatic carbocycles. The van der Waals surface area contributed by atoms with Crippen molar-refractivity contribution in [2.45, 2.75) is 66.8 Å². The summed E-state index contributed by atoms with van der Waals surface area (Å²) in [6, 6.07) is 3.89. The third-order valence-corrected chi connectivity index (χ3v) is 7.29. The highest BCUT2D eigenvalue weighted by molar-refractivity contribution is 8.13. The maximum absolute atomic E-state index is 13.2. The Labute approximate surface area is 232 Å². The average molecular weight is 535 g/mol. The molecule has 0 radical (unpaired) electrons. The number of hydrogen-bond acceptors (Lipinski definition) is 6. The summed E-state index contributed by atoms with van der Waals surface area (Å²) in [7, 11) is 0. The minimum Gasteiger partial charge on any atom is -0.321 e. The molecular formula is C30H42N6OS. The number of nitrogens with one attached hydrogen (secondary N) is 3. The average Bonchev–Trinajstić information content (AvgIpc) is 3.73. The standard InChI is InChI=1S/C30H42N6OS/c1-7-10-24(18-34-28(9-3)38-19-21(4)5)23-14-15-33-27(17-23)30(37)35-25(11-8-2)16-22(6)29(32)36(20-31)26-12-13-26/h7-8,10-11,14-18,20-22,26,31-32H,9,12-13,19H2,1-6H3,(H,35,37)/b10-7-,11-8-,24-18+,25-16+,31-20?,32-29?,34-28?. The van der Waals surface area contributed by atoms with E-state index in [1.54, 1.807) is 35.0 Å². The van der Waals surface area contributed by atoms with E-state index >= 15 is 0 Å². The van der Waals surface area contributed by atoms with Crippen molar-refractivity contribution in [3.63, 3.8) is 0 Å². The molecule has 0 bridgehead atoms. The Morgan fingerprint density at radius 1 is 1.26 bits per heavy atom. The third kappa shape index (κ3) is 9.89. The monoisotopic (exact) mass is 534 g/mol. The largest absolute Gasteiger partial charge is 0.321 e. The van der Waals surface area contributed by atoms with Gasteiger partial charge in [-0.2, -0.15) is 0 Å². The summed E-state index contributed by atoms with van der Waals surface area (Å²) in [5.74, 6) is 1.37. The van der Waals surface area contributed by atoms with Gasteiger partial charge in [0, 0.05) is 35.8 Å². The molecule has 1 fully saturated rings. The van der Waals surface area contributed by atoms with Gasteiger partial charge in [0.2, 0.25) is 0 Å². The van der Waals surface area contributed by atoms with E-state index in [0.29, 0.717) is 23.1 Å². The van der Waals surface area contributed by atoms with E-state index in [1.165, 1.54) is 6.34 Å². The highest BCUT2D eigenvalue weighted by Gasteiger charge is 2.31. The van der Waals surface area contributed by atoms with E-state index in [4.69, 9.17) is 15.8 Å². The first-order valence-electron chi connectivity index (χ1n) is 13.3. The van der Waals surface area contributed by atoms with E-state index in [2.05, 4.69) is 31.1 Å². The number of rotatable bonds is 13. The zero-order valence-corrected chi connectivity index (χ0v) is 24.3. The van der Waals surface area contributed by atoms with Crippen LogP contribution in [0.5, 0.6) is 0 Å². The summed E-state index contributed by atoms with van der Waals surface area (Å²) in [6.45, 7) is 12.2. The van der Waals surface area contributed by atoms with Crippen molar-refractivity contribution >= 4 is 40.5 Å². The lowest BCUT2D eigenvalue weighted by Gasteiger charge is -2.22. The highest BCUT2D eigenvalue weighted by Crippen LogP contribution is 2.27. The van der Waals surface area contributed by atoms with Crippen LogP contribution in [0.15, 0.2) is 65.6 Å². The van der Waals surface area contributed by atoms with Crippen molar-refractivity contribution in [2.24, 2.45) is 16.8 Å². The van der Waals surface area contributed by atoms with Crippen LogP contribution in [-0.2, 0) is 0 Å². The summed E-state index contributed by atoms with van der Waals surface area (Å²) >= 11 is 1.78. The lowest BCUT2D eigenvalue weighted by Crippen LogP contribution is -2.35. The molecule has 7 nitrogen and oxygen atoms in total. The summed E-state index contributed by atoms with van der Waals surface area (Å²) in [5, 5.41) is 20.2. The van der Waals surface area contributed by atoms with Crippen LogP contribution >= 0.6 is 11.8 Å². The van der Waals surface area contributed by atoms with E-state index < -0.39 is 0 Å². The maximum atomic E-state index is 13.2. The molecule has 8 heteroatoms. The number of thioether (sulfide) groups is 1. The summed E-state index contributed by atoms with van der Waals surface area (Å²) < 4.78 is 0. The molecule has 0 spiro atoms. The number of carbonyl (C=O) groups is 1. The van der Waals surface area contributed by atoms with E-state index in [0.717, 1.165) is 41.2 Å². The van der Waals surface area contributed by atoms with Crippen molar-refractivity contribution in [1.82, 2.24) is 15.2 Å². The highest BCUT2D eigenvalue weighted by atomic mass is 32.2. The fraction of sp³-hybridized carbons (Fsp3) is 0.433. The second-order valence-corrected chi connectivity index (χ2v) is 10.7. The lowest BCUT2D eigenvalue weighted by atomic mass is 10.1. The Morgan fingerprint density at radius 3 is 2.55 bits per heavy atom. The van der Waals surface area contributed by atoms with Crippen LogP contribution in [0.4, 0.5) is 0 Å². The molecule has 3 N–H and O–H groups in total. The van der Waals surface area contributed by atoms with Gasteiger partial charge in [-0.1, -0.05) is 52.0 Å². The molecule has 1 heterocycles. The first-order valence-corrected chi connectivity index (χ1v) is 14.2. The van der Waals surface area contributed by atoms with Crippen molar-refractivity contribution in [2.75, 3.05) is 5.75 Å². The smallest absolute Gasteiger partial charge is 0.274 e. The van der Waals surface area contributed by atoms with Gasteiger partial charge in [0.05, 0.1) is 11.4 Å². The van der Waals surface area contributed by atoms with Gasteiger partial charge in [-0.15, -0.1) is 11.8 Å². The number of aliphatic imine (C=N–C) groups is 1. The fourth-order valence-electron chi connectivity index (χ4n) is 3.58. The van der Waals surface area contributed by atoms with Crippen LogP contribution in [0.25, 0.3) is 5.57 Å². The Balaban J connectivity index is 2.25. The van der Waals surface area contributed by atoms with Gasteiger partial charge < -0.3 is 10.2 Å². The van der Waals surface area contributed by atoms with Crippen molar-refractivity contribution in [3.05, 3.63) is 71.9 Å². The van der Waals surface area contributed by atoms with Crippen molar-refractivity contribution in [3.8, 4) is 0 Å². The SMILES string of the molecule is C/C=C\C(=C/C(C)C(=N)N(C=N)C1CC1)NC(=O)c1cc(C(/C=C\C)=C/N=C(CC)SCC(C)C)ccn1. The van der Waals surface area contributed by atoms with E-state index in [-0.39, 0.29) is 17.9 Å². The minimum atomic E-state index is -0.328. The van der Waals surface area contributed by atoms with Crippen molar-refractivity contribution < 1.29 is 4.79 Å². The minimum absolute atomic E-state index is 0.244. The van der Waals surface area contributed by atoms with Crippen molar-refractivity contribution in [1.29, 1.82) is 10.8 Å². The molecule has 204 valence electrons. The predicted molar refractivity (Wildman–Crippen MR) is 163 cm³/mol. The Bertz CT molecular complexity index is 1130. The molecule has 0 aliphatic heterocycles. The van der Waals surface area contributed by atoms with Crippen LogP contribution in [0, 0.1) is 22.7 Å². The molecule has 1 aliphatic carbocycles.